The van der Waals surface area contributed by atoms with Crippen molar-refractivity contribution in [3.63, 3.8) is 0 Å². The highest BCUT2D eigenvalue weighted by atomic mass is 32.2. The molecule has 0 N–H and O–H groups in total. The van der Waals surface area contributed by atoms with Crippen LogP contribution in [0.1, 0.15) is 24.8 Å². The minimum Gasteiger partial charge on any atom is -0.382 e. The number of piperidine rings is 1. The van der Waals surface area contributed by atoms with Crippen molar-refractivity contribution in [1.29, 1.82) is 0 Å². The van der Waals surface area contributed by atoms with Crippen molar-refractivity contribution in [2.45, 2.75) is 30.2 Å². The van der Waals surface area contributed by atoms with E-state index in [2.05, 4.69) is 4.90 Å². The van der Waals surface area contributed by atoms with Gasteiger partial charge < -0.3 is 4.18 Å². The maximum Gasteiger partial charge on any atom is 0.311 e. The van der Waals surface area contributed by atoms with Gasteiger partial charge in [-0.15, -0.1) is 11.8 Å². The van der Waals surface area contributed by atoms with Gasteiger partial charge in [-0.3, -0.25) is 4.90 Å². The third kappa shape index (κ3) is 2.57. The number of rotatable bonds is 1. The Balaban J connectivity index is 1.80. The molecular weight excluding hydrogens is 318 g/mol. The van der Waals surface area contributed by atoms with Gasteiger partial charge in [-0.05, 0) is 32.0 Å². The highest BCUT2D eigenvalue weighted by Gasteiger charge is 2.39. The molecular formula is C16H19NO3S2. The molecule has 0 bridgehead atoms. The van der Waals surface area contributed by atoms with Crippen molar-refractivity contribution < 1.29 is 12.6 Å². The average molecular weight is 337 g/mol. The van der Waals surface area contributed by atoms with E-state index in [4.69, 9.17) is 4.18 Å². The van der Waals surface area contributed by atoms with Crippen LogP contribution in [0.2, 0.25) is 0 Å². The number of nitrogens with zero attached hydrogens (tertiary/aromatic N) is 1. The Hall–Kier alpha value is -0.980. The molecule has 0 aliphatic carbocycles. The van der Waals surface area contributed by atoms with Crippen molar-refractivity contribution in [2.75, 3.05) is 24.6 Å². The predicted molar refractivity (Wildman–Crippen MR) is 88.2 cm³/mol. The van der Waals surface area contributed by atoms with Crippen LogP contribution in [0.15, 0.2) is 34.7 Å². The highest BCUT2D eigenvalue weighted by molar-refractivity contribution is 7.99. The Morgan fingerprint density at radius 1 is 1.14 bits per heavy atom. The lowest BCUT2D eigenvalue weighted by molar-refractivity contribution is 0.190. The zero-order valence-electron chi connectivity index (χ0n) is 12.3. The molecule has 118 valence electrons. The van der Waals surface area contributed by atoms with Crippen LogP contribution in [-0.2, 0) is 14.3 Å². The molecule has 0 unspecified atom stereocenters. The summed E-state index contributed by atoms with van der Waals surface area (Å²) in [5, 5.41) is 0. The first-order chi connectivity index (χ1) is 10.6. The van der Waals surface area contributed by atoms with E-state index >= 15 is 0 Å². The fourth-order valence-electron chi connectivity index (χ4n) is 3.53. The smallest absolute Gasteiger partial charge is 0.311 e. The average Bonchev–Trinajstić information content (AvgIpc) is 2.54. The highest BCUT2D eigenvalue weighted by Crippen LogP contribution is 2.43. The molecule has 0 spiro atoms. The number of thioether (sulfide) groups is 1. The molecule has 0 saturated carbocycles. The van der Waals surface area contributed by atoms with E-state index in [1.54, 1.807) is 11.8 Å². The molecule has 22 heavy (non-hydrogen) atoms. The summed E-state index contributed by atoms with van der Waals surface area (Å²) in [4.78, 5) is 3.45. The monoisotopic (exact) mass is 337 g/mol. The molecule has 1 fully saturated rings. The van der Waals surface area contributed by atoms with Gasteiger partial charge in [0.2, 0.25) is 0 Å². The van der Waals surface area contributed by atoms with Crippen LogP contribution >= 0.6 is 11.8 Å². The fraction of sp³-hybridized carbons (Fsp3) is 0.500. The lowest BCUT2D eigenvalue weighted by Gasteiger charge is -2.40. The van der Waals surface area contributed by atoms with Crippen LogP contribution < -0.4 is 0 Å². The van der Waals surface area contributed by atoms with Gasteiger partial charge in [0, 0.05) is 21.8 Å². The molecule has 0 radical (unpaired) electrons. The molecule has 0 amide bonds. The Kier molecular flexibility index (Phi) is 3.71. The summed E-state index contributed by atoms with van der Waals surface area (Å²) in [6, 6.07) is 7.90. The number of hydrogen-bond donors (Lipinski definition) is 0. The first-order valence-corrected chi connectivity index (χ1v) is 10.3. The Morgan fingerprint density at radius 2 is 1.91 bits per heavy atom. The third-order valence-corrected chi connectivity index (χ3v) is 6.88. The summed E-state index contributed by atoms with van der Waals surface area (Å²) >= 11 is 1.78. The van der Waals surface area contributed by atoms with Crippen LogP contribution in [0.4, 0.5) is 0 Å². The molecule has 1 saturated heterocycles. The molecule has 1 atom stereocenters. The Labute approximate surface area is 135 Å². The van der Waals surface area contributed by atoms with Gasteiger partial charge in [-0.2, -0.15) is 8.42 Å². The fourth-order valence-corrected chi connectivity index (χ4v) is 5.97. The molecule has 1 aromatic rings. The quantitative estimate of drug-likeness (QED) is 0.738. The molecule has 3 aliphatic rings. The van der Waals surface area contributed by atoms with Gasteiger partial charge in [0.1, 0.15) is 5.75 Å². The molecule has 0 aromatic heterocycles. The van der Waals surface area contributed by atoms with Crippen LogP contribution in [-0.4, -0.2) is 44.0 Å². The molecule has 1 aromatic carbocycles. The SMILES string of the molecule is O=S1(=O)C[C@@H](N2CCCCC2)C2=C(O1)c1ccccc1SC2. The molecule has 3 aliphatic heterocycles. The summed E-state index contributed by atoms with van der Waals surface area (Å²) in [7, 11) is -3.50. The molecule has 4 nitrogen and oxygen atoms in total. The second kappa shape index (κ2) is 5.58. The van der Waals surface area contributed by atoms with Crippen molar-refractivity contribution in [3.05, 3.63) is 35.4 Å². The standard InChI is InChI=1S/C16H19NO3S2/c18-22(19)11-14(17-8-4-1-5-9-17)13-10-21-15-7-3-2-6-12(15)16(13)20-22/h2-3,6-7,14H,1,4-5,8-11H2/t14-/m1/s1. The molecule has 6 heteroatoms. The van der Waals surface area contributed by atoms with E-state index in [9.17, 15) is 8.42 Å². The number of likely N-dealkylation sites (tertiary alicyclic amines) is 1. The van der Waals surface area contributed by atoms with Crippen molar-refractivity contribution >= 4 is 27.6 Å². The van der Waals surface area contributed by atoms with E-state index in [0.717, 1.165) is 47.7 Å². The Bertz CT molecular complexity index is 721. The summed E-state index contributed by atoms with van der Waals surface area (Å²) in [6.45, 7) is 1.98. The van der Waals surface area contributed by atoms with Gasteiger partial charge in [-0.1, -0.05) is 24.6 Å². The van der Waals surface area contributed by atoms with Crippen LogP contribution in [0, 0.1) is 0 Å². The van der Waals surface area contributed by atoms with Crippen LogP contribution in [0.3, 0.4) is 0 Å². The summed E-state index contributed by atoms with van der Waals surface area (Å²) in [5.74, 6) is 1.51. The number of benzene rings is 1. The minimum atomic E-state index is -3.50. The van der Waals surface area contributed by atoms with Gasteiger partial charge in [0.15, 0.2) is 5.76 Å². The van der Waals surface area contributed by atoms with Crippen molar-refractivity contribution in [3.8, 4) is 0 Å². The van der Waals surface area contributed by atoms with Gasteiger partial charge in [0.25, 0.3) is 0 Å². The summed E-state index contributed by atoms with van der Waals surface area (Å²) < 4.78 is 30.0. The zero-order chi connectivity index (χ0) is 15.2. The number of hydrogen-bond acceptors (Lipinski definition) is 5. The first-order valence-electron chi connectivity index (χ1n) is 7.75. The lowest BCUT2D eigenvalue weighted by Crippen LogP contribution is -2.47. The van der Waals surface area contributed by atoms with E-state index in [-0.39, 0.29) is 11.8 Å². The summed E-state index contributed by atoms with van der Waals surface area (Å²) in [5.41, 5.74) is 2.08. The largest absolute Gasteiger partial charge is 0.382 e. The van der Waals surface area contributed by atoms with Gasteiger partial charge >= 0.3 is 10.1 Å². The van der Waals surface area contributed by atoms with E-state index < -0.39 is 10.1 Å². The summed E-state index contributed by atoms with van der Waals surface area (Å²) in [6.07, 6.45) is 3.56. The maximum absolute atomic E-state index is 12.3. The normalized spacial score (nSPS) is 27.7. The van der Waals surface area contributed by atoms with E-state index in [0.29, 0.717) is 5.76 Å². The van der Waals surface area contributed by atoms with Crippen LogP contribution in [0.25, 0.3) is 5.76 Å². The second-order valence-electron chi connectivity index (χ2n) is 6.06. The van der Waals surface area contributed by atoms with Gasteiger partial charge in [-0.25, -0.2) is 0 Å². The van der Waals surface area contributed by atoms with Gasteiger partial charge in [0.05, 0.1) is 6.04 Å². The second-order valence-corrected chi connectivity index (χ2v) is 8.69. The molecule has 4 rings (SSSR count). The minimum absolute atomic E-state index is 0.0186. The van der Waals surface area contributed by atoms with E-state index in [1.807, 2.05) is 24.3 Å². The van der Waals surface area contributed by atoms with E-state index in [1.165, 1.54) is 6.42 Å². The Morgan fingerprint density at radius 3 is 2.73 bits per heavy atom. The van der Waals surface area contributed by atoms with Crippen LogP contribution in [0.5, 0.6) is 0 Å². The van der Waals surface area contributed by atoms with Crippen molar-refractivity contribution in [1.82, 2.24) is 4.90 Å². The molecule has 3 heterocycles. The number of fused-ring (bicyclic) bond motifs is 2. The first kappa shape index (κ1) is 14.6. The predicted octanol–water partition coefficient (Wildman–Crippen LogP) is 2.72. The topological polar surface area (TPSA) is 46.6 Å². The lowest BCUT2D eigenvalue weighted by atomic mass is 10.00. The maximum atomic E-state index is 12.3. The zero-order valence-corrected chi connectivity index (χ0v) is 14.0. The third-order valence-electron chi connectivity index (χ3n) is 4.61. The van der Waals surface area contributed by atoms with Crippen molar-refractivity contribution in [2.24, 2.45) is 0 Å².